The van der Waals surface area contributed by atoms with Gasteiger partial charge in [0.05, 0.1) is 0 Å². The number of ether oxygens (including phenoxy) is 1. The Bertz CT molecular complexity index is 706. The van der Waals surface area contributed by atoms with Crippen LogP contribution in [0.5, 0.6) is 0 Å². The number of aromatic nitrogens is 2. The van der Waals surface area contributed by atoms with E-state index in [-0.39, 0.29) is 18.4 Å². The fourth-order valence-electron chi connectivity index (χ4n) is 2.89. The van der Waals surface area contributed by atoms with Crippen molar-refractivity contribution in [2.75, 3.05) is 44.7 Å². The molecule has 1 saturated heterocycles. The summed E-state index contributed by atoms with van der Waals surface area (Å²) in [6.45, 7) is 14.2. The lowest BCUT2D eigenvalue weighted by Crippen LogP contribution is -2.52. The van der Waals surface area contributed by atoms with E-state index in [4.69, 9.17) is 4.74 Å². The number of rotatable bonds is 4. The van der Waals surface area contributed by atoms with Crippen molar-refractivity contribution in [2.24, 2.45) is 0 Å². The normalized spacial score (nSPS) is 15.0. The lowest BCUT2D eigenvalue weighted by molar-refractivity contribution is -0.132. The minimum absolute atomic E-state index is 0.0129. The molecule has 0 atom stereocenters. The molecule has 0 unspecified atom stereocenters. The van der Waals surface area contributed by atoms with Crippen molar-refractivity contribution >= 4 is 17.8 Å². The molecule has 0 bridgehead atoms. The Hall–Kier alpha value is -2.38. The van der Waals surface area contributed by atoms with Crippen LogP contribution in [-0.2, 0) is 9.53 Å². The van der Waals surface area contributed by atoms with Gasteiger partial charge in [0.2, 0.25) is 5.91 Å². The molecule has 2 rings (SSSR count). The van der Waals surface area contributed by atoms with Crippen LogP contribution in [0.4, 0.5) is 10.6 Å². The van der Waals surface area contributed by atoms with Crippen LogP contribution in [0.25, 0.3) is 0 Å². The van der Waals surface area contributed by atoms with Crippen LogP contribution in [0.1, 0.15) is 52.1 Å². The van der Waals surface area contributed by atoms with E-state index in [0.717, 1.165) is 17.3 Å². The number of hydrogen-bond donors (Lipinski definition) is 0. The molecule has 0 radical (unpaired) electrons. The fraction of sp³-hybridized carbons (Fsp3) is 0.700. The lowest BCUT2D eigenvalue weighted by atomic mass is 10.2. The van der Waals surface area contributed by atoms with Crippen molar-refractivity contribution < 1.29 is 14.3 Å². The molecule has 8 heteroatoms. The number of nitrogens with zero attached hydrogens (tertiary/aromatic N) is 5. The van der Waals surface area contributed by atoms with Gasteiger partial charge < -0.3 is 19.4 Å². The quantitative estimate of drug-likeness (QED) is 0.784. The number of aryl methyl sites for hydroxylation is 1. The number of carbonyl (C=O) groups excluding carboxylic acids is 2. The van der Waals surface area contributed by atoms with E-state index in [2.05, 4.69) is 28.7 Å². The maximum absolute atomic E-state index is 12.6. The lowest BCUT2D eigenvalue weighted by Gasteiger charge is -2.36. The van der Waals surface area contributed by atoms with E-state index in [0.29, 0.717) is 26.2 Å². The molecule has 0 spiro atoms. The molecule has 0 saturated carbocycles. The molecule has 0 aromatic carbocycles. The molecule has 1 aromatic heterocycles. The molecule has 1 aliphatic rings. The van der Waals surface area contributed by atoms with Crippen LogP contribution in [0, 0.1) is 6.92 Å². The second-order valence-electron chi connectivity index (χ2n) is 8.58. The Morgan fingerprint density at radius 2 is 1.79 bits per heavy atom. The van der Waals surface area contributed by atoms with E-state index in [1.165, 1.54) is 4.90 Å². The first kappa shape index (κ1) is 21.9. The molecular formula is C20H33N5O3. The maximum atomic E-state index is 12.6. The monoisotopic (exact) mass is 391 g/mol. The minimum Gasteiger partial charge on any atom is -0.444 e. The van der Waals surface area contributed by atoms with Crippen molar-refractivity contribution in [3.8, 4) is 0 Å². The predicted molar refractivity (Wildman–Crippen MR) is 109 cm³/mol. The first-order valence-corrected chi connectivity index (χ1v) is 9.78. The van der Waals surface area contributed by atoms with Gasteiger partial charge in [-0.1, -0.05) is 13.8 Å². The van der Waals surface area contributed by atoms with Crippen LogP contribution in [0.3, 0.4) is 0 Å². The second-order valence-corrected chi connectivity index (χ2v) is 8.58. The largest absolute Gasteiger partial charge is 0.444 e. The number of hydrogen-bond acceptors (Lipinski definition) is 6. The molecule has 156 valence electrons. The van der Waals surface area contributed by atoms with Crippen molar-refractivity contribution in [3.63, 3.8) is 0 Å². The zero-order valence-corrected chi connectivity index (χ0v) is 18.2. The molecule has 2 amide bonds. The first-order valence-electron chi connectivity index (χ1n) is 9.78. The van der Waals surface area contributed by atoms with Crippen molar-refractivity contribution in [1.29, 1.82) is 0 Å². The van der Waals surface area contributed by atoms with Gasteiger partial charge in [-0.3, -0.25) is 4.79 Å². The first-order chi connectivity index (χ1) is 13.0. The molecule has 8 nitrogen and oxygen atoms in total. The summed E-state index contributed by atoms with van der Waals surface area (Å²) in [4.78, 5) is 39.1. The van der Waals surface area contributed by atoms with Gasteiger partial charge >= 0.3 is 6.09 Å². The van der Waals surface area contributed by atoms with Gasteiger partial charge in [-0.15, -0.1) is 0 Å². The molecule has 1 aliphatic heterocycles. The van der Waals surface area contributed by atoms with Gasteiger partial charge in [0.15, 0.2) is 0 Å². The number of anilines is 1. The van der Waals surface area contributed by atoms with E-state index < -0.39 is 11.7 Å². The molecule has 1 aromatic rings. The van der Waals surface area contributed by atoms with Crippen molar-refractivity contribution in [1.82, 2.24) is 19.8 Å². The highest BCUT2D eigenvalue weighted by atomic mass is 16.6. The zero-order valence-electron chi connectivity index (χ0n) is 18.2. The Kier molecular flexibility index (Phi) is 6.85. The Morgan fingerprint density at radius 3 is 2.32 bits per heavy atom. The average molecular weight is 392 g/mol. The Balaban J connectivity index is 1.91. The highest BCUT2D eigenvalue weighted by molar-refractivity contribution is 5.82. The van der Waals surface area contributed by atoms with Crippen LogP contribution >= 0.6 is 0 Å². The number of carbonyl (C=O) groups is 2. The topological polar surface area (TPSA) is 78.9 Å². The predicted octanol–water partition coefficient (Wildman–Crippen LogP) is 2.42. The van der Waals surface area contributed by atoms with E-state index >= 15 is 0 Å². The van der Waals surface area contributed by atoms with Gasteiger partial charge in [-0.05, 0) is 27.7 Å². The van der Waals surface area contributed by atoms with Gasteiger partial charge in [0.1, 0.15) is 23.8 Å². The molecule has 2 heterocycles. The molecule has 0 aliphatic carbocycles. The van der Waals surface area contributed by atoms with Gasteiger partial charge in [0, 0.05) is 50.9 Å². The molecular weight excluding hydrogens is 358 g/mol. The summed E-state index contributed by atoms with van der Waals surface area (Å²) >= 11 is 0. The van der Waals surface area contributed by atoms with E-state index in [9.17, 15) is 9.59 Å². The SMILES string of the molecule is Cc1cc(N2CCN(C(=O)CN(C)C(=O)OC(C)(C)C)CC2)nc(C(C)C)n1. The van der Waals surface area contributed by atoms with Crippen LogP contribution in [0.2, 0.25) is 0 Å². The summed E-state index contributed by atoms with van der Waals surface area (Å²) in [7, 11) is 1.58. The highest BCUT2D eigenvalue weighted by Crippen LogP contribution is 2.19. The standard InChI is InChI=1S/C20H33N5O3/c1-14(2)18-21-15(3)12-16(22-18)24-8-10-25(11-9-24)17(26)13-23(7)19(27)28-20(4,5)6/h12,14H,8-11,13H2,1-7H3. The van der Waals surface area contributed by atoms with E-state index in [1.54, 1.807) is 32.7 Å². The summed E-state index contributed by atoms with van der Waals surface area (Å²) in [6.07, 6.45) is -0.489. The van der Waals surface area contributed by atoms with Crippen molar-refractivity contribution in [2.45, 2.75) is 53.1 Å². The molecule has 0 N–H and O–H groups in total. The van der Waals surface area contributed by atoms with Gasteiger partial charge in [0.25, 0.3) is 0 Å². The maximum Gasteiger partial charge on any atom is 0.410 e. The highest BCUT2D eigenvalue weighted by Gasteiger charge is 2.26. The molecule has 28 heavy (non-hydrogen) atoms. The van der Waals surface area contributed by atoms with Crippen LogP contribution in [0.15, 0.2) is 6.07 Å². The Labute approximate surface area is 167 Å². The Morgan fingerprint density at radius 1 is 1.18 bits per heavy atom. The minimum atomic E-state index is -0.579. The summed E-state index contributed by atoms with van der Waals surface area (Å²) in [5, 5.41) is 0. The smallest absolute Gasteiger partial charge is 0.410 e. The average Bonchev–Trinajstić information content (AvgIpc) is 2.59. The summed E-state index contributed by atoms with van der Waals surface area (Å²) in [6, 6.07) is 1.99. The third-order valence-corrected chi connectivity index (χ3v) is 4.41. The number of likely N-dealkylation sites (N-methyl/N-ethyl adjacent to an activating group) is 1. The van der Waals surface area contributed by atoms with Crippen molar-refractivity contribution in [3.05, 3.63) is 17.6 Å². The zero-order chi connectivity index (χ0) is 21.1. The fourth-order valence-corrected chi connectivity index (χ4v) is 2.89. The van der Waals surface area contributed by atoms with Gasteiger partial charge in [-0.2, -0.15) is 0 Å². The molecule has 1 fully saturated rings. The third kappa shape index (κ3) is 6.07. The van der Waals surface area contributed by atoms with Gasteiger partial charge in [-0.25, -0.2) is 14.8 Å². The number of amides is 2. The van der Waals surface area contributed by atoms with Crippen LogP contribution in [-0.4, -0.2) is 77.1 Å². The van der Waals surface area contributed by atoms with Crippen LogP contribution < -0.4 is 4.90 Å². The summed E-state index contributed by atoms with van der Waals surface area (Å²) in [5.41, 5.74) is 0.371. The second kappa shape index (κ2) is 8.75. The summed E-state index contributed by atoms with van der Waals surface area (Å²) < 4.78 is 5.30. The third-order valence-electron chi connectivity index (χ3n) is 4.41. The van der Waals surface area contributed by atoms with E-state index in [1.807, 2.05) is 13.0 Å². The number of piperazine rings is 1. The summed E-state index contributed by atoms with van der Waals surface area (Å²) in [5.74, 6) is 1.95.